The number of aromatic nitrogens is 2. The van der Waals surface area contributed by atoms with Crippen LogP contribution in [0, 0.1) is 5.92 Å². The topological polar surface area (TPSA) is 38.1 Å². The number of fused-ring (bicyclic) bond motifs is 1. The van der Waals surface area contributed by atoms with Gasteiger partial charge in [0.2, 0.25) is 0 Å². The van der Waals surface area contributed by atoms with Gasteiger partial charge >= 0.3 is 0 Å². The molecule has 1 aromatic heterocycles. The van der Waals surface area contributed by atoms with Crippen molar-refractivity contribution < 1.29 is 4.79 Å². The molecule has 1 aliphatic carbocycles. The fraction of sp³-hybridized carbons (Fsp3) is 0.789. The first-order chi connectivity index (χ1) is 10.9. The molecule has 1 saturated carbocycles. The summed E-state index contributed by atoms with van der Waals surface area (Å²) in [4.78, 5) is 15.4. The highest BCUT2D eigenvalue weighted by atomic mass is 16.2. The minimum atomic E-state index is -0.0253. The van der Waals surface area contributed by atoms with E-state index in [0.717, 1.165) is 24.4 Å². The lowest BCUT2D eigenvalue weighted by molar-refractivity contribution is 0.0558. The van der Waals surface area contributed by atoms with E-state index in [4.69, 9.17) is 0 Å². The first-order valence-electron chi connectivity index (χ1n) is 9.23. The molecule has 0 unspecified atom stereocenters. The molecule has 2 fully saturated rings. The third-order valence-electron chi connectivity index (χ3n) is 5.62. The summed E-state index contributed by atoms with van der Waals surface area (Å²) in [5.74, 6) is 0.903. The fourth-order valence-corrected chi connectivity index (χ4v) is 4.22. The molecule has 0 aromatic carbocycles. The number of rotatable bonds is 1. The van der Waals surface area contributed by atoms with Gasteiger partial charge in [0.1, 0.15) is 5.69 Å². The van der Waals surface area contributed by atoms with Gasteiger partial charge in [-0.1, -0.05) is 40.0 Å². The van der Waals surface area contributed by atoms with Crippen LogP contribution in [0.3, 0.4) is 0 Å². The molecule has 3 rings (SSSR count). The van der Waals surface area contributed by atoms with Crippen molar-refractivity contribution in [3.8, 4) is 0 Å². The van der Waals surface area contributed by atoms with E-state index >= 15 is 0 Å². The van der Waals surface area contributed by atoms with Gasteiger partial charge < -0.3 is 4.90 Å². The van der Waals surface area contributed by atoms with Crippen LogP contribution in [0.5, 0.6) is 0 Å². The smallest absolute Gasteiger partial charge is 0.272 e. The zero-order chi connectivity index (χ0) is 16.6. The molecule has 2 aliphatic rings. The van der Waals surface area contributed by atoms with E-state index in [1.54, 1.807) is 4.68 Å². The molecule has 2 heterocycles. The van der Waals surface area contributed by atoms with E-state index in [2.05, 4.69) is 30.8 Å². The molecular formula is C19H31N3O. The van der Waals surface area contributed by atoms with Gasteiger partial charge in [-0.25, -0.2) is 0 Å². The van der Waals surface area contributed by atoms with Gasteiger partial charge in [0.05, 0.1) is 5.69 Å². The molecule has 1 amide bonds. The van der Waals surface area contributed by atoms with E-state index < -0.39 is 0 Å². The second kappa shape index (κ2) is 6.29. The average molecular weight is 317 g/mol. The molecule has 2 atom stereocenters. The zero-order valence-corrected chi connectivity index (χ0v) is 15.1. The van der Waals surface area contributed by atoms with Crippen molar-refractivity contribution in [1.29, 1.82) is 0 Å². The van der Waals surface area contributed by atoms with Gasteiger partial charge in [0.15, 0.2) is 0 Å². The van der Waals surface area contributed by atoms with Crippen molar-refractivity contribution in [1.82, 2.24) is 14.7 Å². The second-order valence-corrected chi connectivity index (χ2v) is 8.39. The molecule has 4 nitrogen and oxygen atoms in total. The Morgan fingerprint density at radius 1 is 1.13 bits per heavy atom. The number of aryl methyl sites for hydroxylation is 1. The van der Waals surface area contributed by atoms with E-state index in [1.165, 1.54) is 38.5 Å². The Bertz CT molecular complexity index is 570. The third-order valence-corrected chi connectivity index (χ3v) is 5.62. The van der Waals surface area contributed by atoms with Crippen LogP contribution in [0.4, 0.5) is 0 Å². The Hall–Kier alpha value is -1.32. The van der Waals surface area contributed by atoms with Crippen LogP contribution in [0.2, 0.25) is 0 Å². The van der Waals surface area contributed by atoms with Crippen LogP contribution >= 0.6 is 0 Å². The maximum atomic E-state index is 13.2. The van der Waals surface area contributed by atoms with Crippen molar-refractivity contribution in [3.63, 3.8) is 0 Å². The summed E-state index contributed by atoms with van der Waals surface area (Å²) in [6, 6.07) is 2.46. The van der Waals surface area contributed by atoms with Crippen LogP contribution in [-0.2, 0) is 12.5 Å². The number of amides is 1. The lowest BCUT2D eigenvalue weighted by Gasteiger charge is -2.38. The molecule has 0 N–H and O–H groups in total. The van der Waals surface area contributed by atoms with Crippen LogP contribution in [0.1, 0.15) is 81.9 Å². The molecule has 1 aliphatic heterocycles. The highest BCUT2D eigenvalue weighted by molar-refractivity contribution is 5.93. The Morgan fingerprint density at radius 3 is 2.43 bits per heavy atom. The van der Waals surface area contributed by atoms with Crippen molar-refractivity contribution in [2.45, 2.75) is 77.2 Å². The van der Waals surface area contributed by atoms with Crippen molar-refractivity contribution >= 4 is 5.91 Å². The largest absolute Gasteiger partial charge is 0.334 e. The van der Waals surface area contributed by atoms with Crippen molar-refractivity contribution in [2.75, 3.05) is 6.54 Å². The second-order valence-electron chi connectivity index (χ2n) is 8.39. The number of hydrogen-bond donors (Lipinski definition) is 0. The number of carbonyl (C=O) groups is 1. The summed E-state index contributed by atoms with van der Waals surface area (Å²) < 4.78 is 1.78. The molecule has 4 heteroatoms. The minimum Gasteiger partial charge on any atom is -0.334 e. The summed E-state index contributed by atoms with van der Waals surface area (Å²) in [5.41, 5.74) is 1.72. The van der Waals surface area contributed by atoms with Crippen LogP contribution in [-0.4, -0.2) is 33.2 Å². The molecule has 128 valence electrons. The van der Waals surface area contributed by atoms with Gasteiger partial charge in [0, 0.05) is 25.0 Å². The lowest BCUT2D eigenvalue weighted by Crippen LogP contribution is -2.45. The fourth-order valence-electron chi connectivity index (χ4n) is 4.22. The number of nitrogens with zero attached hydrogens (tertiary/aromatic N) is 3. The SMILES string of the molecule is Cn1nc(C(C)(C)C)cc1C(=O)N1CCCC[C@H]2CCCC[C@@H]21. The molecular weight excluding hydrogens is 286 g/mol. The summed E-state index contributed by atoms with van der Waals surface area (Å²) in [6.07, 6.45) is 8.79. The van der Waals surface area contributed by atoms with Crippen LogP contribution in [0.15, 0.2) is 6.07 Å². The Labute approximate surface area is 140 Å². The van der Waals surface area contributed by atoms with Crippen LogP contribution < -0.4 is 0 Å². The summed E-state index contributed by atoms with van der Waals surface area (Å²) in [5, 5.41) is 4.59. The zero-order valence-electron chi connectivity index (χ0n) is 15.1. The molecule has 1 aromatic rings. The van der Waals surface area contributed by atoms with Gasteiger partial charge in [-0.15, -0.1) is 0 Å². The van der Waals surface area contributed by atoms with Gasteiger partial charge in [-0.05, 0) is 37.7 Å². The van der Waals surface area contributed by atoms with E-state index in [1.807, 2.05) is 13.1 Å². The first kappa shape index (κ1) is 16.5. The first-order valence-corrected chi connectivity index (χ1v) is 9.23. The minimum absolute atomic E-state index is 0.0253. The summed E-state index contributed by atoms with van der Waals surface area (Å²) >= 11 is 0. The predicted octanol–water partition coefficient (Wildman–Crippen LogP) is 3.90. The lowest BCUT2D eigenvalue weighted by atomic mass is 9.81. The maximum Gasteiger partial charge on any atom is 0.272 e. The standard InChI is InChI=1S/C19H31N3O/c1-19(2,3)17-13-16(21(4)20-17)18(23)22-12-8-7-10-14-9-5-6-11-15(14)22/h13-15H,5-12H2,1-4H3/t14-,15+/m1/s1. The monoisotopic (exact) mass is 317 g/mol. The van der Waals surface area contributed by atoms with E-state index in [9.17, 15) is 4.79 Å². The number of likely N-dealkylation sites (tertiary alicyclic amines) is 1. The molecule has 0 radical (unpaired) electrons. The van der Waals surface area contributed by atoms with Crippen LogP contribution in [0.25, 0.3) is 0 Å². The Morgan fingerprint density at radius 2 is 1.78 bits per heavy atom. The quantitative estimate of drug-likeness (QED) is 0.788. The average Bonchev–Trinajstić information content (AvgIpc) is 2.77. The number of hydrogen-bond acceptors (Lipinski definition) is 2. The predicted molar refractivity (Wildman–Crippen MR) is 92.5 cm³/mol. The van der Waals surface area contributed by atoms with Gasteiger partial charge in [-0.3, -0.25) is 9.48 Å². The molecule has 23 heavy (non-hydrogen) atoms. The van der Waals surface area contributed by atoms with Crippen molar-refractivity contribution in [2.24, 2.45) is 13.0 Å². The summed E-state index contributed by atoms with van der Waals surface area (Å²) in [6.45, 7) is 7.35. The van der Waals surface area contributed by atoms with Crippen molar-refractivity contribution in [3.05, 3.63) is 17.5 Å². The normalized spacial score (nSPS) is 25.8. The molecule has 0 bridgehead atoms. The number of carbonyl (C=O) groups excluding carboxylic acids is 1. The van der Waals surface area contributed by atoms with E-state index in [-0.39, 0.29) is 11.3 Å². The molecule has 1 saturated heterocycles. The maximum absolute atomic E-state index is 13.2. The van der Waals surface area contributed by atoms with Gasteiger partial charge in [0.25, 0.3) is 5.91 Å². The van der Waals surface area contributed by atoms with E-state index in [0.29, 0.717) is 12.0 Å². The van der Waals surface area contributed by atoms with Gasteiger partial charge in [-0.2, -0.15) is 5.10 Å². The highest BCUT2D eigenvalue weighted by Gasteiger charge is 2.36. The highest BCUT2D eigenvalue weighted by Crippen LogP contribution is 2.35. The third kappa shape index (κ3) is 3.31. The molecule has 0 spiro atoms. The Balaban J connectivity index is 1.87. The Kier molecular flexibility index (Phi) is 4.52. The summed E-state index contributed by atoms with van der Waals surface area (Å²) in [7, 11) is 1.90.